The molecule has 5 N–H and O–H groups in total. The number of carbonyl (C=O) groups excluding carboxylic acids is 1. The molecule has 1 aromatic carbocycles. The summed E-state index contributed by atoms with van der Waals surface area (Å²) < 4.78 is 0. The number of hydrogen-bond donors (Lipinski definition) is 4. The molecule has 0 radical (unpaired) electrons. The summed E-state index contributed by atoms with van der Waals surface area (Å²) in [5, 5.41) is 19.7. The lowest BCUT2D eigenvalue weighted by Crippen LogP contribution is -2.41. The molecule has 20 heavy (non-hydrogen) atoms. The largest absolute Gasteiger partial charge is 0.481 e. The van der Waals surface area contributed by atoms with Gasteiger partial charge in [0.15, 0.2) is 0 Å². The molecular formula is C13H16N2O5. The topological polar surface area (TPSA) is 130 Å². The molecule has 0 fully saturated rings. The Morgan fingerprint density at radius 1 is 1.15 bits per heavy atom. The molecule has 0 saturated carbocycles. The Kier molecular flexibility index (Phi) is 5.52. The Balaban J connectivity index is 2.55. The predicted octanol–water partition coefficient (Wildman–Crippen LogP) is 0.245. The number of nitrogens with two attached hydrogens (primary N) is 1. The van der Waals surface area contributed by atoms with Crippen molar-refractivity contribution in [3.8, 4) is 0 Å². The summed E-state index contributed by atoms with van der Waals surface area (Å²) >= 11 is 0. The van der Waals surface area contributed by atoms with Crippen molar-refractivity contribution in [3.05, 3.63) is 29.8 Å². The number of hydrogen-bond acceptors (Lipinski definition) is 4. The zero-order valence-corrected chi connectivity index (χ0v) is 10.7. The summed E-state index contributed by atoms with van der Waals surface area (Å²) in [5.41, 5.74) is 6.77. The van der Waals surface area contributed by atoms with Crippen molar-refractivity contribution in [2.75, 3.05) is 5.73 Å². The van der Waals surface area contributed by atoms with E-state index in [1.807, 2.05) is 0 Å². The Morgan fingerprint density at radius 3 is 2.25 bits per heavy atom. The van der Waals surface area contributed by atoms with E-state index >= 15 is 0 Å². The van der Waals surface area contributed by atoms with Gasteiger partial charge in [0.1, 0.15) is 6.04 Å². The molecule has 7 heteroatoms. The summed E-state index contributed by atoms with van der Waals surface area (Å²) in [5.74, 6) is -2.84. The van der Waals surface area contributed by atoms with Gasteiger partial charge >= 0.3 is 11.9 Å². The first kappa shape index (κ1) is 15.5. The van der Waals surface area contributed by atoms with E-state index in [2.05, 4.69) is 5.32 Å². The maximum Gasteiger partial charge on any atom is 0.326 e. The van der Waals surface area contributed by atoms with Crippen molar-refractivity contribution >= 4 is 23.5 Å². The quantitative estimate of drug-likeness (QED) is 0.529. The number of carboxylic acid groups (broad SMARTS) is 2. The molecular weight excluding hydrogens is 264 g/mol. The molecule has 0 aliphatic heterocycles. The highest BCUT2D eigenvalue weighted by Gasteiger charge is 2.20. The highest BCUT2D eigenvalue weighted by Crippen LogP contribution is 2.06. The lowest BCUT2D eigenvalue weighted by Gasteiger charge is -2.13. The van der Waals surface area contributed by atoms with Gasteiger partial charge in [0, 0.05) is 12.1 Å². The van der Waals surface area contributed by atoms with Crippen LogP contribution < -0.4 is 11.1 Å². The summed E-state index contributed by atoms with van der Waals surface area (Å²) in [6.45, 7) is 0. The van der Waals surface area contributed by atoms with Crippen LogP contribution in [0.4, 0.5) is 5.69 Å². The summed E-state index contributed by atoms with van der Waals surface area (Å²) in [6, 6.07) is 5.42. The number of nitrogen functional groups attached to an aromatic ring is 1. The first-order valence-corrected chi connectivity index (χ1v) is 5.97. The summed E-state index contributed by atoms with van der Waals surface area (Å²) in [6.07, 6.45) is -0.464. The molecule has 7 nitrogen and oxygen atoms in total. The van der Waals surface area contributed by atoms with Crippen LogP contribution >= 0.6 is 0 Å². The van der Waals surface area contributed by atoms with E-state index in [0.717, 1.165) is 0 Å². The van der Waals surface area contributed by atoms with Crippen LogP contribution in [0.15, 0.2) is 24.3 Å². The van der Waals surface area contributed by atoms with Gasteiger partial charge < -0.3 is 21.3 Å². The van der Waals surface area contributed by atoms with Gasteiger partial charge in [0.2, 0.25) is 5.91 Å². The van der Waals surface area contributed by atoms with E-state index in [0.29, 0.717) is 11.3 Å². The number of aliphatic carboxylic acids is 2. The van der Waals surface area contributed by atoms with Crippen LogP contribution in [0.1, 0.15) is 18.4 Å². The van der Waals surface area contributed by atoms with Gasteiger partial charge in [0.05, 0.1) is 6.42 Å². The first-order valence-electron chi connectivity index (χ1n) is 5.97. The first-order chi connectivity index (χ1) is 9.38. The van der Waals surface area contributed by atoms with Crippen LogP contribution in [-0.4, -0.2) is 34.1 Å². The fourth-order valence-corrected chi connectivity index (χ4v) is 1.59. The van der Waals surface area contributed by atoms with Gasteiger partial charge in [-0.15, -0.1) is 0 Å². The number of carboxylic acids is 2. The minimum Gasteiger partial charge on any atom is -0.481 e. The van der Waals surface area contributed by atoms with E-state index in [-0.39, 0.29) is 19.3 Å². The number of rotatable bonds is 7. The standard InChI is InChI=1S/C13H16N2O5/c14-9-3-1-8(2-4-9)7-11(16)15-10(13(19)20)5-6-12(17)18/h1-4,10H,5-7,14H2,(H,15,16)(H,17,18)(H,19,20)/t10-/m0/s1. The van der Waals surface area contributed by atoms with Crippen molar-refractivity contribution < 1.29 is 24.6 Å². The van der Waals surface area contributed by atoms with Crippen molar-refractivity contribution in [1.29, 1.82) is 0 Å². The Morgan fingerprint density at radius 2 is 1.75 bits per heavy atom. The lowest BCUT2D eigenvalue weighted by atomic mass is 10.1. The van der Waals surface area contributed by atoms with Crippen LogP contribution in [0, 0.1) is 0 Å². The van der Waals surface area contributed by atoms with Crippen LogP contribution in [0.2, 0.25) is 0 Å². The molecule has 0 aliphatic carbocycles. The Hall–Kier alpha value is -2.57. The summed E-state index contributed by atoms with van der Waals surface area (Å²) in [4.78, 5) is 33.0. The van der Waals surface area contributed by atoms with Crippen LogP contribution in [0.25, 0.3) is 0 Å². The summed E-state index contributed by atoms with van der Waals surface area (Å²) in [7, 11) is 0. The van der Waals surface area contributed by atoms with Crippen molar-refractivity contribution in [1.82, 2.24) is 5.32 Å². The number of benzene rings is 1. The van der Waals surface area contributed by atoms with Crippen LogP contribution in [0.3, 0.4) is 0 Å². The molecule has 1 aromatic rings. The minimum absolute atomic E-state index is 0.0110. The molecule has 1 amide bonds. The fraction of sp³-hybridized carbons (Fsp3) is 0.308. The zero-order chi connectivity index (χ0) is 15.1. The average molecular weight is 280 g/mol. The lowest BCUT2D eigenvalue weighted by molar-refractivity contribution is -0.143. The van der Waals surface area contributed by atoms with E-state index in [1.165, 1.54) is 0 Å². The molecule has 0 heterocycles. The monoisotopic (exact) mass is 280 g/mol. The third kappa shape index (κ3) is 5.38. The van der Waals surface area contributed by atoms with Gasteiger partial charge in [0.25, 0.3) is 0 Å². The molecule has 0 spiro atoms. The van der Waals surface area contributed by atoms with E-state index in [1.54, 1.807) is 24.3 Å². The van der Waals surface area contributed by atoms with Gasteiger partial charge in [-0.1, -0.05) is 12.1 Å². The van der Waals surface area contributed by atoms with E-state index < -0.39 is 23.9 Å². The van der Waals surface area contributed by atoms with E-state index in [4.69, 9.17) is 15.9 Å². The van der Waals surface area contributed by atoms with Crippen molar-refractivity contribution in [2.24, 2.45) is 0 Å². The SMILES string of the molecule is Nc1ccc(CC(=O)N[C@@H](CCC(=O)O)C(=O)O)cc1. The van der Waals surface area contributed by atoms with Gasteiger partial charge in [-0.05, 0) is 24.1 Å². The average Bonchev–Trinajstić information content (AvgIpc) is 2.36. The van der Waals surface area contributed by atoms with E-state index in [9.17, 15) is 14.4 Å². The number of nitrogens with one attached hydrogen (secondary N) is 1. The second kappa shape index (κ2) is 7.13. The fourth-order valence-electron chi connectivity index (χ4n) is 1.59. The number of amides is 1. The highest BCUT2D eigenvalue weighted by atomic mass is 16.4. The second-order valence-corrected chi connectivity index (χ2v) is 4.31. The minimum atomic E-state index is -1.25. The molecule has 0 bridgehead atoms. The third-order valence-corrected chi connectivity index (χ3v) is 2.62. The Bertz CT molecular complexity index is 498. The molecule has 1 atom stereocenters. The molecule has 108 valence electrons. The maximum atomic E-state index is 11.7. The smallest absolute Gasteiger partial charge is 0.326 e. The van der Waals surface area contributed by atoms with Crippen molar-refractivity contribution in [3.63, 3.8) is 0 Å². The van der Waals surface area contributed by atoms with Crippen LogP contribution in [-0.2, 0) is 20.8 Å². The normalized spacial score (nSPS) is 11.6. The molecule has 0 unspecified atom stereocenters. The molecule has 1 rings (SSSR count). The number of carbonyl (C=O) groups is 3. The predicted molar refractivity (Wildman–Crippen MR) is 71.0 cm³/mol. The maximum absolute atomic E-state index is 11.7. The van der Waals surface area contributed by atoms with Gasteiger partial charge in [-0.3, -0.25) is 9.59 Å². The second-order valence-electron chi connectivity index (χ2n) is 4.31. The molecule has 0 aliphatic rings. The molecule has 0 saturated heterocycles. The third-order valence-electron chi connectivity index (χ3n) is 2.62. The Labute approximate surface area is 115 Å². The van der Waals surface area contributed by atoms with Crippen LogP contribution in [0.5, 0.6) is 0 Å². The van der Waals surface area contributed by atoms with Gasteiger partial charge in [-0.25, -0.2) is 4.79 Å². The van der Waals surface area contributed by atoms with Crippen molar-refractivity contribution in [2.45, 2.75) is 25.3 Å². The number of anilines is 1. The zero-order valence-electron chi connectivity index (χ0n) is 10.7. The molecule has 0 aromatic heterocycles. The van der Waals surface area contributed by atoms with Gasteiger partial charge in [-0.2, -0.15) is 0 Å². The highest BCUT2D eigenvalue weighted by molar-refractivity contribution is 5.85.